The largest absolute Gasteiger partial charge is 0.490 e. The molecule has 0 saturated carbocycles. The van der Waals surface area contributed by atoms with E-state index < -0.39 is 11.4 Å². The summed E-state index contributed by atoms with van der Waals surface area (Å²) in [5, 5.41) is 0.589. The zero-order valence-corrected chi connectivity index (χ0v) is 21.2. The highest BCUT2D eigenvalue weighted by Crippen LogP contribution is 2.39. The first-order valence-corrected chi connectivity index (χ1v) is 12.2. The SMILES string of the molecule is CCOc1cc(C(=O)Oc2coc(CSc3nc(C)cc(C)n3)cc2=O)cc(OCC)c1OCC. The fourth-order valence-electron chi connectivity index (χ4n) is 3.15. The van der Waals surface area contributed by atoms with Crippen LogP contribution in [0.1, 0.15) is 48.3 Å². The maximum Gasteiger partial charge on any atom is 0.344 e. The lowest BCUT2D eigenvalue weighted by molar-refractivity contribution is 0.0727. The summed E-state index contributed by atoms with van der Waals surface area (Å²) in [6.07, 6.45) is 1.12. The van der Waals surface area contributed by atoms with E-state index in [0.717, 1.165) is 17.7 Å². The number of aromatic nitrogens is 2. The summed E-state index contributed by atoms with van der Waals surface area (Å²) in [4.78, 5) is 34.1. The predicted molar refractivity (Wildman–Crippen MR) is 131 cm³/mol. The Morgan fingerprint density at radius 3 is 2.03 bits per heavy atom. The number of thioether (sulfide) groups is 1. The Balaban J connectivity index is 1.77. The predicted octanol–water partition coefficient (Wildman–Crippen LogP) is 4.75. The average Bonchev–Trinajstić information content (AvgIpc) is 2.81. The van der Waals surface area contributed by atoms with Gasteiger partial charge in [0.15, 0.2) is 16.7 Å². The molecular weight excluding hydrogens is 472 g/mol. The van der Waals surface area contributed by atoms with Gasteiger partial charge >= 0.3 is 5.97 Å². The maximum atomic E-state index is 12.8. The minimum absolute atomic E-state index is 0.145. The van der Waals surface area contributed by atoms with Crippen LogP contribution in [0.4, 0.5) is 0 Å². The monoisotopic (exact) mass is 500 g/mol. The first-order valence-electron chi connectivity index (χ1n) is 11.2. The van der Waals surface area contributed by atoms with Crippen LogP contribution in [0, 0.1) is 13.8 Å². The van der Waals surface area contributed by atoms with Crippen molar-refractivity contribution in [3.05, 3.63) is 63.5 Å². The molecule has 0 aliphatic heterocycles. The van der Waals surface area contributed by atoms with Crippen LogP contribution in [0.5, 0.6) is 23.0 Å². The van der Waals surface area contributed by atoms with Gasteiger partial charge < -0.3 is 23.4 Å². The van der Waals surface area contributed by atoms with Gasteiger partial charge in [-0.2, -0.15) is 0 Å². The fraction of sp³-hybridized carbons (Fsp3) is 0.360. The lowest BCUT2D eigenvalue weighted by Crippen LogP contribution is -2.15. The van der Waals surface area contributed by atoms with Crippen molar-refractivity contribution in [2.75, 3.05) is 19.8 Å². The van der Waals surface area contributed by atoms with Crippen molar-refractivity contribution < 1.29 is 28.2 Å². The molecule has 0 saturated heterocycles. The van der Waals surface area contributed by atoms with E-state index in [1.807, 2.05) is 40.7 Å². The lowest BCUT2D eigenvalue weighted by atomic mass is 10.2. The van der Waals surface area contributed by atoms with Crippen LogP contribution in [0.2, 0.25) is 0 Å². The first-order chi connectivity index (χ1) is 16.8. The molecule has 3 aromatic rings. The Bertz CT molecular complexity index is 1200. The van der Waals surface area contributed by atoms with E-state index in [0.29, 0.717) is 53.7 Å². The van der Waals surface area contributed by atoms with Gasteiger partial charge in [-0.15, -0.1) is 0 Å². The van der Waals surface area contributed by atoms with Crippen LogP contribution in [-0.4, -0.2) is 35.8 Å². The fourth-order valence-corrected chi connectivity index (χ4v) is 3.99. The summed E-state index contributed by atoms with van der Waals surface area (Å²) in [7, 11) is 0. The Kier molecular flexibility index (Phi) is 9.13. The van der Waals surface area contributed by atoms with Gasteiger partial charge in [0.05, 0.1) is 31.1 Å². The molecule has 0 fully saturated rings. The lowest BCUT2D eigenvalue weighted by Gasteiger charge is -2.16. The number of aryl methyl sites for hydroxylation is 2. The zero-order chi connectivity index (χ0) is 25.4. The topological polar surface area (TPSA) is 110 Å². The molecule has 0 N–H and O–H groups in total. The number of rotatable bonds is 11. The van der Waals surface area contributed by atoms with E-state index in [9.17, 15) is 9.59 Å². The number of carbonyl (C=O) groups excluding carboxylic acids is 1. The highest BCUT2D eigenvalue weighted by atomic mass is 32.2. The van der Waals surface area contributed by atoms with Crippen LogP contribution in [-0.2, 0) is 5.75 Å². The third kappa shape index (κ3) is 6.98. The van der Waals surface area contributed by atoms with Crippen LogP contribution in [0.15, 0.2) is 44.9 Å². The standard InChI is InChI=1S/C25H28N2O7S/c1-6-30-20-10-17(11-21(31-7-2)23(20)32-8-3)24(29)34-22-13-33-18(12-19(22)28)14-35-25-26-15(4)9-16(5)27-25/h9-13H,6-8,14H2,1-5H3. The normalized spacial score (nSPS) is 10.7. The van der Waals surface area contributed by atoms with Crippen LogP contribution in [0.25, 0.3) is 0 Å². The second-order valence-corrected chi connectivity index (χ2v) is 8.23. The van der Waals surface area contributed by atoms with E-state index >= 15 is 0 Å². The Labute approximate surface area is 207 Å². The summed E-state index contributed by atoms with van der Waals surface area (Å²) in [6, 6.07) is 6.16. The van der Waals surface area contributed by atoms with Crippen LogP contribution in [0.3, 0.4) is 0 Å². The molecule has 3 rings (SSSR count). The number of nitrogens with zero attached hydrogens (tertiary/aromatic N) is 2. The molecule has 0 unspecified atom stereocenters. The van der Waals surface area contributed by atoms with Gasteiger partial charge in [-0.3, -0.25) is 4.79 Å². The van der Waals surface area contributed by atoms with Crippen molar-refractivity contribution >= 4 is 17.7 Å². The molecule has 0 radical (unpaired) electrons. The molecule has 1 aromatic carbocycles. The molecule has 0 spiro atoms. The number of carbonyl (C=O) groups is 1. The van der Waals surface area contributed by atoms with Crippen molar-refractivity contribution in [3.8, 4) is 23.0 Å². The number of hydrogen-bond acceptors (Lipinski definition) is 10. The molecule has 35 heavy (non-hydrogen) atoms. The number of hydrogen-bond donors (Lipinski definition) is 0. The molecule has 2 aromatic heterocycles. The summed E-state index contributed by atoms with van der Waals surface area (Å²) in [6.45, 7) is 10.4. The second kappa shape index (κ2) is 12.3. The molecular formula is C25H28N2O7S. The quantitative estimate of drug-likeness (QED) is 0.208. The zero-order valence-electron chi connectivity index (χ0n) is 20.4. The minimum atomic E-state index is -0.756. The summed E-state index contributed by atoms with van der Waals surface area (Å²) in [5.41, 5.74) is 1.38. The van der Waals surface area contributed by atoms with Gasteiger partial charge in [-0.05, 0) is 52.8 Å². The van der Waals surface area contributed by atoms with E-state index in [4.69, 9.17) is 23.4 Å². The van der Waals surface area contributed by atoms with Gasteiger partial charge in [0, 0.05) is 17.5 Å². The summed E-state index contributed by atoms with van der Waals surface area (Å²) >= 11 is 1.34. The maximum absolute atomic E-state index is 12.8. The van der Waals surface area contributed by atoms with Crippen molar-refractivity contribution in [2.45, 2.75) is 45.5 Å². The van der Waals surface area contributed by atoms with Crippen LogP contribution >= 0.6 is 11.8 Å². The molecule has 0 aliphatic rings. The summed E-state index contributed by atoms with van der Waals surface area (Å²) < 4.78 is 27.7. The first kappa shape index (κ1) is 26.1. The van der Waals surface area contributed by atoms with Crippen LogP contribution < -0.4 is 24.4 Å². The Morgan fingerprint density at radius 1 is 0.886 bits per heavy atom. The molecule has 10 heteroatoms. The van der Waals surface area contributed by atoms with Crippen molar-refractivity contribution in [3.63, 3.8) is 0 Å². The molecule has 0 atom stereocenters. The van der Waals surface area contributed by atoms with Crippen molar-refractivity contribution in [1.29, 1.82) is 0 Å². The third-order valence-electron chi connectivity index (χ3n) is 4.51. The van der Waals surface area contributed by atoms with Gasteiger partial charge in [0.2, 0.25) is 16.9 Å². The molecule has 9 nitrogen and oxygen atoms in total. The summed E-state index contributed by atoms with van der Waals surface area (Å²) in [5.74, 6) is 0.869. The number of ether oxygens (including phenoxy) is 4. The van der Waals surface area contributed by atoms with Gasteiger partial charge in [0.25, 0.3) is 0 Å². The molecule has 2 heterocycles. The minimum Gasteiger partial charge on any atom is -0.490 e. The highest BCUT2D eigenvalue weighted by molar-refractivity contribution is 7.98. The van der Waals surface area contributed by atoms with E-state index in [1.165, 1.54) is 30.0 Å². The average molecular weight is 501 g/mol. The molecule has 0 amide bonds. The van der Waals surface area contributed by atoms with Gasteiger partial charge in [-0.25, -0.2) is 14.8 Å². The third-order valence-corrected chi connectivity index (χ3v) is 5.37. The molecule has 0 aliphatic carbocycles. The van der Waals surface area contributed by atoms with Gasteiger partial charge in [-0.1, -0.05) is 11.8 Å². The molecule has 186 valence electrons. The van der Waals surface area contributed by atoms with Gasteiger partial charge in [0.1, 0.15) is 12.0 Å². The van der Waals surface area contributed by atoms with E-state index in [-0.39, 0.29) is 11.3 Å². The second-order valence-electron chi connectivity index (χ2n) is 7.29. The highest BCUT2D eigenvalue weighted by Gasteiger charge is 2.20. The Morgan fingerprint density at radius 2 is 1.49 bits per heavy atom. The number of benzene rings is 1. The van der Waals surface area contributed by atoms with Crippen molar-refractivity contribution in [2.24, 2.45) is 0 Å². The smallest absolute Gasteiger partial charge is 0.344 e. The number of esters is 1. The van der Waals surface area contributed by atoms with E-state index in [1.54, 1.807) is 0 Å². The van der Waals surface area contributed by atoms with Crippen molar-refractivity contribution in [1.82, 2.24) is 9.97 Å². The van der Waals surface area contributed by atoms with E-state index in [2.05, 4.69) is 9.97 Å². The molecule has 0 bridgehead atoms. The Hall–Kier alpha value is -3.53.